The maximum absolute atomic E-state index is 12.9. The molecule has 8 nitrogen and oxygen atoms in total. The Morgan fingerprint density at radius 3 is 2.27 bits per heavy atom. The molecule has 2 aromatic rings. The van der Waals surface area contributed by atoms with Crippen molar-refractivity contribution in [2.75, 3.05) is 37.7 Å². The third kappa shape index (κ3) is 10.7. The van der Waals surface area contributed by atoms with Gasteiger partial charge in [0.25, 0.3) is 5.91 Å². The fourth-order valence-electron chi connectivity index (χ4n) is 3.78. The summed E-state index contributed by atoms with van der Waals surface area (Å²) < 4.78 is 5.71. The number of hydrogen-bond donors (Lipinski definition) is 3. The van der Waals surface area contributed by atoms with Crippen molar-refractivity contribution in [1.82, 2.24) is 10.6 Å². The van der Waals surface area contributed by atoms with Gasteiger partial charge in [0.05, 0.1) is 19.8 Å². The molecule has 0 saturated carbocycles. The van der Waals surface area contributed by atoms with Gasteiger partial charge in [-0.25, -0.2) is 0 Å². The Bertz CT molecular complexity index is 976. The van der Waals surface area contributed by atoms with Crippen molar-refractivity contribution < 1.29 is 24.2 Å². The summed E-state index contributed by atoms with van der Waals surface area (Å²) in [5, 5.41) is 14.9. The SMILES string of the molecule is CCC(C)c1ccc(C(=O)NCCOCCN(C(=O)CCCCNC(C)=O)c2ccc(CO)cc2)cc1. The van der Waals surface area contributed by atoms with E-state index in [1.165, 1.54) is 12.5 Å². The highest BCUT2D eigenvalue weighted by atomic mass is 16.5. The lowest BCUT2D eigenvalue weighted by Crippen LogP contribution is -2.35. The zero-order valence-electron chi connectivity index (χ0n) is 22.3. The van der Waals surface area contributed by atoms with E-state index in [0.29, 0.717) is 57.2 Å². The maximum Gasteiger partial charge on any atom is 0.251 e. The second-order valence-electron chi connectivity index (χ2n) is 9.11. The minimum absolute atomic E-state index is 0.0303. The van der Waals surface area contributed by atoms with Crippen LogP contribution in [0.2, 0.25) is 0 Å². The fraction of sp³-hybridized carbons (Fsp3) is 0.483. The summed E-state index contributed by atoms with van der Waals surface area (Å²) in [5.41, 5.74) is 3.35. The second-order valence-corrected chi connectivity index (χ2v) is 9.11. The van der Waals surface area contributed by atoms with E-state index < -0.39 is 0 Å². The number of anilines is 1. The normalized spacial score (nSPS) is 11.6. The summed E-state index contributed by atoms with van der Waals surface area (Å²) in [7, 11) is 0. The molecule has 0 spiro atoms. The summed E-state index contributed by atoms with van der Waals surface area (Å²) in [6.07, 6.45) is 2.79. The van der Waals surface area contributed by atoms with Crippen molar-refractivity contribution >= 4 is 23.4 Å². The van der Waals surface area contributed by atoms with Crippen LogP contribution in [0.3, 0.4) is 0 Å². The molecule has 0 saturated heterocycles. The number of amides is 3. The van der Waals surface area contributed by atoms with E-state index >= 15 is 0 Å². The van der Waals surface area contributed by atoms with Crippen LogP contribution in [0.15, 0.2) is 48.5 Å². The van der Waals surface area contributed by atoms with Gasteiger partial charge in [0.1, 0.15) is 0 Å². The van der Waals surface area contributed by atoms with Gasteiger partial charge in [-0.2, -0.15) is 0 Å². The van der Waals surface area contributed by atoms with Crippen LogP contribution in [-0.2, 0) is 20.9 Å². The van der Waals surface area contributed by atoms with Crippen LogP contribution in [0.1, 0.15) is 73.9 Å². The lowest BCUT2D eigenvalue weighted by Gasteiger charge is -2.23. The molecule has 1 unspecified atom stereocenters. The number of rotatable bonds is 16. The topological polar surface area (TPSA) is 108 Å². The van der Waals surface area contributed by atoms with Gasteiger partial charge in [-0.15, -0.1) is 0 Å². The molecule has 0 heterocycles. The maximum atomic E-state index is 12.9. The molecule has 3 amide bonds. The van der Waals surface area contributed by atoms with Gasteiger partial charge < -0.3 is 25.4 Å². The first-order valence-corrected chi connectivity index (χ1v) is 13.1. The number of ether oxygens (including phenoxy) is 1. The van der Waals surface area contributed by atoms with Crippen LogP contribution in [0.5, 0.6) is 0 Å². The molecule has 2 aromatic carbocycles. The molecule has 37 heavy (non-hydrogen) atoms. The number of carbonyl (C=O) groups is 3. The first kappa shape index (κ1) is 30.0. The largest absolute Gasteiger partial charge is 0.392 e. The van der Waals surface area contributed by atoms with Crippen LogP contribution in [-0.4, -0.2) is 55.7 Å². The molecular weight excluding hydrogens is 470 g/mol. The number of carbonyl (C=O) groups excluding carboxylic acids is 3. The van der Waals surface area contributed by atoms with E-state index in [4.69, 9.17) is 4.74 Å². The Hall–Kier alpha value is -3.23. The van der Waals surface area contributed by atoms with Crippen molar-refractivity contribution in [2.24, 2.45) is 0 Å². The van der Waals surface area contributed by atoms with Crippen molar-refractivity contribution in [3.8, 4) is 0 Å². The summed E-state index contributed by atoms with van der Waals surface area (Å²) in [6, 6.07) is 14.9. The molecule has 2 rings (SSSR count). The van der Waals surface area contributed by atoms with Gasteiger partial charge in [-0.3, -0.25) is 14.4 Å². The van der Waals surface area contributed by atoms with Crippen molar-refractivity contribution in [1.29, 1.82) is 0 Å². The molecule has 0 aromatic heterocycles. The first-order valence-electron chi connectivity index (χ1n) is 13.1. The summed E-state index contributed by atoms with van der Waals surface area (Å²) in [6.45, 7) is 7.65. The minimum atomic E-state index is -0.139. The van der Waals surface area contributed by atoms with E-state index in [0.717, 1.165) is 24.1 Å². The van der Waals surface area contributed by atoms with Gasteiger partial charge >= 0.3 is 0 Å². The number of benzene rings is 2. The number of nitrogens with zero attached hydrogens (tertiary/aromatic N) is 1. The average Bonchev–Trinajstić information content (AvgIpc) is 2.91. The van der Waals surface area contributed by atoms with Gasteiger partial charge in [-0.05, 0) is 60.6 Å². The Morgan fingerprint density at radius 1 is 0.946 bits per heavy atom. The average molecular weight is 512 g/mol. The zero-order valence-corrected chi connectivity index (χ0v) is 22.3. The summed E-state index contributed by atoms with van der Waals surface area (Å²) >= 11 is 0. The van der Waals surface area contributed by atoms with Crippen molar-refractivity contribution in [3.63, 3.8) is 0 Å². The highest BCUT2D eigenvalue weighted by molar-refractivity contribution is 5.94. The zero-order chi connectivity index (χ0) is 27.0. The highest BCUT2D eigenvalue weighted by Gasteiger charge is 2.15. The van der Waals surface area contributed by atoms with Crippen LogP contribution >= 0.6 is 0 Å². The first-order chi connectivity index (χ1) is 17.8. The minimum Gasteiger partial charge on any atom is -0.392 e. The molecule has 0 aliphatic rings. The quantitative estimate of drug-likeness (QED) is 0.297. The number of aliphatic hydroxyl groups is 1. The van der Waals surface area contributed by atoms with E-state index in [2.05, 4.69) is 24.5 Å². The molecule has 1 atom stereocenters. The molecule has 0 aliphatic heterocycles. The van der Waals surface area contributed by atoms with Gasteiger partial charge in [0, 0.05) is 44.2 Å². The van der Waals surface area contributed by atoms with Gasteiger partial charge in [0.2, 0.25) is 11.8 Å². The van der Waals surface area contributed by atoms with Crippen LogP contribution < -0.4 is 15.5 Å². The van der Waals surface area contributed by atoms with E-state index in [1.807, 2.05) is 36.4 Å². The van der Waals surface area contributed by atoms with Gasteiger partial charge in [0.15, 0.2) is 0 Å². The number of unbranched alkanes of at least 4 members (excludes halogenated alkanes) is 1. The van der Waals surface area contributed by atoms with Gasteiger partial charge in [-0.1, -0.05) is 38.1 Å². The number of hydrogen-bond acceptors (Lipinski definition) is 5. The predicted octanol–water partition coefficient (Wildman–Crippen LogP) is 3.78. The number of nitrogens with one attached hydrogen (secondary N) is 2. The standard InChI is InChI=1S/C29H41N3O5/c1-4-22(2)25-10-12-26(13-11-25)29(36)31-17-19-37-20-18-32(27-14-8-24(21-33)9-15-27)28(35)7-5-6-16-30-23(3)34/h8-15,22,33H,4-7,16-21H2,1-3H3,(H,30,34)(H,31,36). The molecular formula is C29H41N3O5. The fourth-order valence-corrected chi connectivity index (χ4v) is 3.78. The Labute approximate surface area is 220 Å². The van der Waals surface area contributed by atoms with E-state index in [1.54, 1.807) is 17.0 Å². The van der Waals surface area contributed by atoms with Crippen molar-refractivity contribution in [3.05, 3.63) is 65.2 Å². The van der Waals surface area contributed by atoms with Crippen LogP contribution in [0.25, 0.3) is 0 Å². The molecule has 0 bridgehead atoms. The molecule has 3 N–H and O–H groups in total. The second kappa shape index (κ2) is 16.5. The Kier molecular flexibility index (Phi) is 13.4. The Balaban J connectivity index is 1.79. The third-order valence-electron chi connectivity index (χ3n) is 6.27. The van der Waals surface area contributed by atoms with E-state index in [9.17, 15) is 19.5 Å². The third-order valence-corrected chi connectivity index (χ3v) is 6.27. The van der Waals surface area contributed by atoms with E-state index in [-0.39, 0.29) is 24.3 Å². The van der Waals surface area contributed by atoms with Crippen molar-refractivity contribution in [2.45, 2.75) is 59.0 Å². The summed E-state index contributed by atoms with van der Waals surface area (Å²) in [4.78, 5) is 38.0. The summed E-state index contributed by atoms with van der Waals surface area (Å²) in [5.74, 6) is 0.217. The van der Waals surface area contributed by atoms with Crippen LogP contribution in [0.4, 0.5) is 5.69 Å². The molecule has 0 fully saturated rings. The lowest BCUT2D eigenvalue weighted by atomic mass is 9.97. The van der Waals surface area contributed by atoms with Crippen LogP contribution in [0, 0.1) is 0 Å². The monoisotopic (exact) mass is 511 g/mol. The molecule has 8 heteroatoms. The predicted molar refractivity (Wildman–Crippen MR) is 146 cm³/mol. The number of aliphatic hydroxyl groups excluding tert-OH is 1. The Morgan fingerprint density at radius 2 is 1.65 bits per heavy atom. The molecule has 0 radical (unpaired) electrons. The highest BCUT2D eigenvalue weighted by Crippen LogP contribution is 2.19. The smallest absolute Gasteiger partial charge is 0.251 e. The lowest BCUT2D eigenvalue weighted by molar-refractivity contribution is -0.119. The molecule has 202 valence electrons. The molecule has 0 aliphatic carbocycles.